The zero-order chi connectivity index (χ0) is 22.9. The molecular formula is C24H28N6O2. The summed E-state index contributed by atoms with van der Waals surface area (Å²) in [5, 5.41) is 13.9. The number of carbonyl (C=O) groups is 2. The van der Waals surface area contributed by atoms with Crippen LogP contribution in [0.5, 0.6) is 0 Å². The molecule has 0 bridgehead atoms. The number of aromatic amines is 1. The lowest BCUT2D eigenvalue weighted by molar-refractivity contribution is 0.0955. The minimum atomic E-state index is -0.686. The molecule has 3 aromatic rings. The number of hydrogen-bond donors (Lipinski definition) is 4. The van der Waals surface area contributed by atoms with Gasteiger partial charge in [-0.1, -0.05) is 12.1 Å². The number of H-pyrrole nitrogens is 1. The lowest BCUT2D eigenvalue weighted by Gasteiger charge is -2.36. The van der Waals surface area contributed by atoms with Crippen LogP contribution < -0.4 is 16.4 Å². The Morgan fingerprint density at radius 1 is 1.03 bits per heavy atom. The van der Waals surface area contributed by atoms with Gasteiger partial charge in [0.05, 0.1) is 5.41 Å². The summed E-state index contributed by atoms with van der Waals surface area (Å²) in [4.78, 5) is 27.9. The summed E-state index contributed by atoms with van der Waals surface area (Å²) < 4.78 is 0. The number of amides is 2. The Morgan fingerprint density at radius 2 is 1.56 bits per heavy atom. The maximum Gasteiger partial charge on any atom is 0.251 e. The molecule has 1 heterocycles. The molecule has 1 aliphatic carbocycles. The summed E-state index contributed by atoms with van der Waals surface area (Å²) in [5.74, 6) is 0.433. The summed E-state index contributed by atoms with van der Waals surface area (Å²) in [5.41, 5.74) is 11.1. The standard InChI is InChI=1S/C24H28N6O2/c1-14(25)12-24(23-28-13-29-30-23)19-8-6-17(21(31)26-2)10-15(19)4-5-16-11-18(22(32)27-3)7-9-20(16)24/h6-11,13-14H,4-5,12,25H2,1-3H3,(H,26,31)(H,27,32)(H,28,29,30)/t14-/m1/s1. The Hall–Kier alpha value is -3.52. The van der Waals surface area contributed by atoms with Crippen molar-refractivity contribution in [3.05, 3.63) is 81.9 Å². The number of rotatable bonds is 5. The van der Waals surface area contributed by atoms with Gasteiger partial charge in [0, 0.05) is 31.3 Å². The normalized spacial score (nSPS) is 15.1. The van der Waals surface area contributed by atoms with Crippen LogP contribution in [-0.2, 0) is 18.3 Å². The largest absolute Gasteiger partial charge is 0.355 e. The first-order valence-electron chi connectivity index (χ1n) is 10.7. The Morgan fingerprint density at radius 3 is 1.97 bits per heavy atom. The molecule has 0 saturated heterocycles. The van der Waals surface area contributed by atoms with Crippen LogP contribution >= 0.6 is 0 Å². The van der Waals surface area contributed by atoms with E-state index >= 15 is 0 Å². The SMILES string of the molecule is CNC(=O)c1ccc2c(c1)CCc1cc(C(=O)NC)ccc1C2(C[C@@H](C)N)c1nnc[nH]1. The van der Waals surface area contributed by atoms with Crippen LogP contribution in [0.15, 0.2) is 42.7 Å². The molecule has 166 valence electrons. The number of benzene rings is 2. The van der Waals surface area contributed by atoms with Crippen molar-refractivity contribution >= 4 is 11.8 Å². The van der Waals surface area contributed by atoms with Crippen molar-refractivity contribution in [2.24, 2.45) is 5.73 Å². The van der Waals surface area contributed by atoms with Gasteiger partial charge in [0.15, 0.2) is 0 Å². The first kappa shape index (κ1) is 21.7. The van der Waals surface area contributed by atoms with Crippen molar-refractivity contribution in [1.82, 2.24) is 25.8 Å². The molecule has 8 heteroatoms. The lowest BCUT2D eigenvalue weighted by atomic mass is 9.68. The van der Waals surface area contributed by atoms with Gasteiger partial charge >= 0.3 is 0 Å². The summed E-state index contributed by atoms with van der Waals surface area (Å²) in [7, 11) is 3.25. The second kappa shape index (κ2) is 8.55. The second-order valence-electron chi connectivity index (χ2n) is 8.33. The average Bonchev–Trinajstić information content (AvgIpc) is 3.31. The van der Waals surface area contributed by atoms with E-state index in [1.807, 2.05) is 43.3 Å². The molecule has 0 unspecified atom stereocenters. The van der Waals surface area contributed by atoms with E-state index < -0.39 is 5.41 Å². The van der Waals surface area contributed by atoms with E-state index in [2.05, 4.69) is 25.8 Å². The van der Waals surface area contributed by atoms with Gasteiger partial charge in [-0.2, -0.15) is 0 Å². The number of hydrogen-bond acceptors (Lipinski definition) is 5. The molecule has 1 aliphatic rings. The average molecular weight is 433 g/mol. The van der Waals surface area contributed by atoms with E-state index in [-0.39, 0.29) is 17.9 Å². The van der Waals surface area contributed by atoms with Crippen LogP contribution in [0.3, 0.4) is 0 Å². The molecule has 0 spiro atoms. The van der Waals surface area contributed by atoms with Crippen LogP contribution in [0.25, 0.3) is 0 Å². The van der Waals surface area contributed by atoms with Crippen molar-refractivity contribution in [2.75, 3.05) is 14.1 Å². The third-order valence-electron chi connectivity index (χ3n) is 6.22. The van der Waals surface area contributed by atoms with Gasteiger partial charge < -0.3 is 21.4 Å². The van der Waals surface area contributed by atoms with Crippen LogP contribution in [0.2, 0.25) is 0 Å². The van der Waals surface area contributed by atoms with Crippen LogP contribution in [0, 0.1) is 0 Å². The fraction of sp³-hybridized carbons (Fsp3) is 0.333. The molecule has 2 aromatic carbocycles. The number of carbonyl (C=O) groups excluding carboxylic acids is 2. The predicted molar refractivity (Wildman–Crippen MR) is 122 cm³/mol. The predicted octanol–water partition coefficient (Wildman–Crippen LogP) is 1.69. The van der Waals surface area contributed by atoms with Gasteiger partial charge in [-0.15, -0.1) is 10.2 Å². The van der Waals surface area contributed by atoms with Gasteiger partial charge in [0.25, 0.3) is 11.8 Å². The molecule has 5 N–H and O–H groups in total. The van der Waals surface area contributed by atoms with E-state index in [9.17, 15) is 9.59 Å². The third-order valence-corrected chi connectivity index (χ3v) is 6.22. The molecule has 32 heavy (non-hydrogen) atoms. The molecule has 0 saturated carbocycles. The molecule has 0 fully saturated rings. The van der Waals surface area contributed by atoms with Crippen LogP contribution in [0.4, 0.5) is 0 Å². The van der Waals surface area contributed by atoms with Crippen molar-refractivity contribution in [2.45, 2.75) is 37.6 Å². The van der Waals surface area contributed by atoms with E-state index in [1.165, 1.54) is 0 Å². The number of fused-ring (bicyclic) bond motifs is 2. The lowest BCUT2D eigenvalue weighted by Crippen LogP contribution is -2.38. The summed E-state index contributed by atoms with van der Waals surface area (Å²) >= 11 is 0. The number of nitrogens with one attached hydrogen (secondary N) is 3. The number of aryl methyl sites for hydroxylation is 2. The Bertz CT molecular complexity index is 1090. The quantitative estimate of drug-likeness (QED) is 0.488. The van der Waals surface area contributed by atoms with Gasteiger partial charge in [0.2, 0.25) is 0 Å². The molecule has 8 nitrogen and oxygen atoms in total. The van der Waals surface area contributed by atoms with Crippen molar-refractivity contribution in [3.8, 4) is 0 Å². The highest BCUT2D eigenvalue weighted by Gasteiger charge is 2.44. The van der Waals surface area contributed by atoms with Gasteiger partial charge in [-0.3, -0.25) is 9.59 Å². The van der Waals surface area contributed by atoms with E-state index in [4.69, 9.17) is 5.73 Å². The van der Waals surface area contributed by atoms with E-state index in [0.29, 0.717) is 23.4 Å². The Balaban J connectivity index is 2.02. The Kier molecular flexibility index (Phi) is 5.80. The highest BCUT2D eigenvalue weighted by atomic mass is 16.2. The van der Waals surface area contributed by atoms with Crippen molar-refractivity contribution < 1.29 is 9.59 Å². The van der Waals surface area contributed by atoms with E-state index in [0.717, 1.165) is 35.1 Å². The highest BCUT2D eigenvalue weighted by molar-refractivity contribution is 5.95. The zero-order valence-corrected chi connectivity index (χ0v) is 18.5. The highest BCUT2D eigenvalue weighted by Crippen LogP contribution is 2.46. The number of aromatic nitrogens is 3. The smallest absolute Gasteiger partial charge is 0.251 e. The molecule has 0 radical (unpaired) electrons. The monoisotopic (exact) mass is 432 g/mol. The molecular weight excluding hydrogens is 404 g/mol. The number of nitrogens with zero attached hydrogens (tertiary/aromatic N) is 2. The first-order valence-corrected chi connectivity index (χ1v) is 10.7. The fourth-order valence-electron chi connectivity index (χ4n) is 4.89. The fourth-order valence-corrected chi connectivity index (χ4v) is 4.89. The van der Waals surface area contributed by atoms with Crippen molar-refractivity contribution in [3.63, 3.8) is 0 Å². The van der Waals surface area contributed by atoms with Gasteiger partial charge in [-0.25, -0.2) is 0 Å². The summed E-state index contributed by atoms with van der Waals surface area (Å²) in [6.45, 7) is 1.97. The van der Waals surface area contributed by atoms with Gasteiger partial charge in [0.1, 0.15) is 12.2 Å². The first-order chi connectivity index (χ1) is 15.4. The molecule has 1 aromatic heterocycles. The summed E-state index contributed by atoms with van der Waals surface area (Å²) in [6.07, 6.45) is 3.60. The minimum absolute atomic E-state index is 0.131. The van der Waals surface area contributed by atoms with Crippen LogP contribution in [-0.4, -0.2) is 47.1 Å². The maximum absolute atomic E-state index is 12.3. The molecule has 0 aliphatic heterocycles. The topological polar surface area (TPSA) is 126 Å². The zero-order valence-electron chi connectivity index (χ0n) is 18.5. The molecule has 1 atom stereocenters. The summed E-state index contributed by atoms with van der Waals surface area (Å²) in [6, 6.07) is 11.5. The molecule has 2 amide bonds. The number of nitrogens with two attached hydrogens (primary N) is 1. The molecule has 4 rings (SSSR count). The van der Waals surface area contributed by atoms with Crippen LogP contribution in [0.1, 0.15) is 62.1 Å². The second-order valence-corrected chi connectivity index (χ2v) is 8.33. The van der Waals surface area contributed by atoms with E-state index in [1.54, 1.807) is 20.4 Å². The van der Waals surface area contributed by atoms with Gasteiger partial charge in [-0.05, 0) is 72.7 Å². The van der Waals surface area contributed by atoms with Crippen molar-refractivity contribution in [1.29, 1.82) is 0 Å². The maximum atomic E-state index is 12.3. The third kappa shape index (κ3) is 3.56. The Labute approximate surface area is 187 Å². The minimum Gasteiger partial charge on any atom is -0.355 e.